The van der Waals surface area contributed by atoms with Crippen LogP contribution in [0.4, 0.5) is 14.9 Å². The molecule has 2 rings (SSSR count). The Bertz CT molecular complexity index is 514. The van der Waals surface area contributed by atoms with Crippen LogP contribution in [0.3, 0.4) is 0 Å². The molecule has 0 bridgehead atoms. The summed E-state index contributed by atoms with van der Waals surface area (Å²) in [5.74, 6) is -0.801. The number of carbonyl (C=O) groups is 1. The van der Waals surface area contributed by atoms with Crippen LogP contribution in [0, 0.1) is 5.82 Å². The molecule has 1 fully saturated rings. The third kappa shape index (κ3) is 3.12. The Kier molecular flexibility index (Phi) is 3.84. The van der Waals surface area contributed by atoms with E-state index in [0.29, 0.717) is 0 Å². The van der Waals surface area contributed by atoms with Crippen LogP contribution < -0.4 is 16.4 Å². The average molecular weight is 266 g/mol. The number of carbonyl (C=O) groups excluding carboxylic acids is 1. The quantitative estimate of drug-likeness (QED) is 0.289. The normalized spacial score (nSPS) is 15.7. The molecule has 0 radical (unpaired) electrons. The van der Waals surface area contributed by atoms with Crippen molar-refractivity contribution in [2.24, 2.45) is 10.9 Å². The van der Waals surface area contributed by atoms with E-state index in [1.807, 2.05) is 0 Å². The van der Waals surface area contributed by atoms with Gasteiger partial charge in [0.25, 0.3) is 0 Å². The zero-order chi connectivity index (χ0) is 13.8. The maximum atomic E-state index is 13.1. The highest BCUT2D eigenvalue weighted by Crippen LogP contribution is 2.19. The Morgan fingerprint density at radius 1 is 1.47 bits per heavy atom. The third-order valence-corrected chi connectivity index (χ3v) is 3.05. The predicted octanol–water partition coefficient (Wildman–Crippen LogP) is 1.59. The summed E-state index contributed by atoms with van der Waals surface area (Å²) in [6.07, 6.45) is 3.03. The van der Waals surface area contributed by atoms with Crippen LogP contribution in [0.5, 0.6) is 0 Å². The van der Waals surface area contributed by atoms with Crippen LogP contribution in [0.1, 0.15) is 24.8 Å². The van der Waals surface area contributed by atoms with Gasteiger partial charge in [0.15, 0.2) is 5.84 Å². The lowest BCUT2D eigenvalue weighted by Gasteiger charge is -2.26. The van der Waals surface area contributed by atoms with E-state index < -0.39 is 5.82 Å². The Morgan fingerprint density at radius 2 is 2.21 bits per heavy atom. The average Bonchev–Trinajstić information content (AvgIpc) is 2.35. The number of halogens is 1. The molecule has 5 N–H and O–H groups in total. The maximum Gasteiger partial charge on any atom is 0.319 e. The number of hydrogen-bond donors (Lipinski definition) is 4. The Labute approximate surface area is 109 Å². The number of nitrogens with zero attached hydrogens (tertiary/aromatic N) is 1. The summed E-state index contributed by atoms with van der Waals surface area (Å²) in [4.78, 5) is 11.7. The summed E-state index contributed by atoms with van der Waals surface area (Å²) in [6.45, 7) is 0. The van der Waals surface area contributed by atoms with Gasteiger partial charge in [0.1, 0.15) is 5.82 Å². The molecule has 0 saturated heterocycles. The standard InChI is InChI=1S/C12H15FN4O2/c13-7-4-5-10(9(6-7)11(14)17-19)16-12(18)15-8-2-1-3-8/h4-6,8,19H,1-3H2,(H2,14,17)(H2,15,16,18). The second-order valence-electron chi connectivity index (χ2n) is 4.40. The van der Waals surface area contributed by atoms with Gasteiger partial charge in [-0.2, -0.15) is 0 Å². The lowest BCUT2D eigenvalue weighted by Crippen LogP contribution is -2.42. The number of urea groups is 1. The summed E-state index contributed by atoms with van der Waals surface area (Å²) >= 11 is 0. The SMILES string of the molecule is N/C(=N/O)c1cc(F)ccc1NC(=O)NC1CCC1. The van der Waals surface area contributed by atoms with Crippen molar-refractivity contribution >= 4 is 17.6 Å². The van der Waals surface area contributed by atoms with Gasteiger partial charge in [-0.1, -0.05) is 5.16 Å². The summed E-state index contributed by atoms with van der Waals surface area (Å²) in [5, 5.41) is 16.8. The number of nitrogens with two attached hydrogens (primary N) is 1. The first-order chi connectivity index (χ1) is 9.10. The lowest BCUT2D eigenvalue weighted by atomic mass is 9.93. The Hall–Kier alpha value is -2.31. The number of anilines is 1. The van der Waals surface area contributed by atoms with Crippen molar-refractivity contribution in [1.29, 1.82) is 0 Å². The zero-order valence-corrected chi connectivity index (χ0v) is 10.2. The summed E-state index contributed by atoms with van der Waals surface area (Å²) in [6, 6.07) is 3.44. The first-order valence-corrected chi connectivity index (χ1v) is 5.95. The maximum absolute atomic E-state index is 13.1. The van der Waals surface area contributed by atoms with E-state index >= 15 is 0 Å². The molecule has 1 aromatic carbocycles. The fourth-order valence-electron chi connectivity index (χ4n) is 1.79. The van der Waals surface area contributed by atoms with E-state index in [2.05, 4.69) is 15.8 Å². The highest BCUT2D eigenvalue weighted by atomic mass is 19.1. The molecular formula is C12H15FN4O2. The first kappa shape index (κ1) is 13.1. The van der Waals surface area contributed by atoms with Crippen molar-refractivity contribution in [1.82, 2.24) is 5.32 Å². The second-order valence-corrected chi connectivity index (χ2v) is 4.40. The first-order valence-electron chi connectivity index (χ1n) is 5.95. The summed E-state index contributed by atoms with van der Waals surface area (Å²) < 4.78 is 13.1. The number of hydrogen-bond acceptors (Lipinski definition) is 3. The number of amides is 2. The third-order valence-electron chi connectivity index (χ3n) is 3.05. The molecule has 1 aromatic rings. The van der Waals surface area contributed by atoms with Gasteiger partial charge in [-0.15, -0.1) is 0 Å². The largest absolute Gasteiger partial charge is 0.409 e. The van der Waals surface area contributed by atoms with Crippen molar-refractivity contribution < 1.29 is 14.4 Å². The van der Waals surface area contributed by atoms with Crippen molar-refractivity contribution in [3.8, 4) is 0 Å². The van der Waals surface area contributed by atoms with Crippen molar-refractivity contribution in [2.75, 3.05) is 5.32 Å². The van der Waals surface area contributed by atoms with E-state index in [1.54, 1.807) is 0 Å². The van der Waals surface area contributed by atoms with Gasteiger partial charge in [-0.3, -0.25) is 0 Å². The summed E-state index contributed by atoms with van der Waals surface area (Å²) in [5.41, 5.74) is 5.86. The van der Waals surface area contributed by atoms with E-state index in [4.69, 9.17) is 10.9 Å². The number of rotatable bonds is 3. The van der Waals surface area contributed by atoms with Gasteiger partial charge in [0.05, 0.1) is 5.69 Å². The molecule has 1 saturated carbocycles. The highest BCUT2D eigenvalue weighted by Gasteiger charge is 2.20. The van der Waals surface area contributed by atoms with Gasteiger partial charge in [-0.05, 0) is 37.5 Å². The molecule has 102 valence electrons. The monoisotopic (exact) mass is 266 g/mol. The van der Waals surface area contributed by atoms with E-state index in [0.717, 1.165) is 25.3 Å². The van der Waals surface area contributed by atoms with Gasteiger partial charge >= 0.3 is 6.03 Å². The summed E-state index contributed by atoms with van der Waals surface area (Å²) in [7, 11) is 0. The van der Waals surface area contributed by atoms with Crippen molar-refractivity contribution in [3.05, 3.63) is 29.6 Å². The minimum atomic E-state index is -0.536. The number of nitrogens with one attached hydrogen (secondary N) is 2. The topological polar surface area (TPSA) is 99.7 Å². The van der Waals surface area contributed by atoms with Crippen LogP contribution >= 0.6 is 0 Å². The van der Waals surface area contributed by atoms with Crippen molar-refractivity contribution in [3.63, 3.8) is 0 Å². The van der Waals surface area contributed by atoms with Crippen LogP contribution in [0.15, 0.2) is 23.4 Å². The Balaban J connectivity index is 2.12. The van der Waals surface area contributed by atoms with Gasteiger partial charge in [-0.25, -0.2) is 9.18 Å². The Morgan fingerprint density at radius 3 is 2.79 bits per heavy atom. The molecule has 0 heterocycles. The van der Waals surface area contributed by atoms with Crippen LogP contribution in [-0.4, -0.2) is 23.1 Å². The number of amidine groups is 1. The van der Waals surface area contributed by atoms with Crippen LogP contribution in [0.25, 0.3) is 0 Å². The van der Waals surface area contributed by atoms with Crippen LogP contribution in [-0.2, 0) is 0 Å². The van der Waals surface area contributed by atoms with Crippen LogP contribution in [0.2, 0.25) is 0 Å². The fourth-order valence-corrected chi connectivity index (χ4v) is 1.79. The second kappa shape index (κ2) is 5.55. The molecule has 1 aliphatic rings. The number of benzene rings is 1. The smallest absolute Gasteiger partial charge is 0.319 e. The molecule has 0 atom stereocenters. The molecule has 0 spiro atoms. The molecule has 7 heteroatoms. The minimum Gasteiger partial charge on any atom is -0.409 e. The zero-order valence-electron chi connectivity index (χ0n) is 10.2. The van der Waals surface area contributed by atoms with E-state index in [9.17, 15) is 9.18 Å². The van der Waals surface area contributed by atoms with Crippen molar-refractivity contribution in [2.45, 2.75) is 25.3 Å². The van der Waals surface area contributed by atoms with E-state index in [1.165, 1.54) is 12.1 Å². The minimum absolute atomic E-state index is 0.131. The lowest BCUT2D eigenvalue weighted by molar-refractivity contribution is 0.240. The van der Waals surface area contributed by atoms with Gasteiger partial charge < -0.3 is 21.6 Å². The molecule has 0 unspecified atom stereocenters. The van der Waals surface area contributed by atoms with Gasteiger partial charge in [0, 0.05) is 11.6 Å². The highest BCUT2D eigenvalue weighted by molar-refractivity contribution is 6.05. The fraction of sp³-hybridized carbons (Fsp3) is 0.333. The van der Waals surface area contributed by atoms with E-state index in [-0.39, 0.29) is 29.2 Å². The van der Waals surface area contributed by atoms with Gasteiger partial charge in [0.2, 0.25) is 0 Å². The molecule has 6 nitrogen and oxygen atoms in total. The number of oxime groups is 1. The predicted molar refractivity (Wildman–Crippen MR) is 68.7 cm³/mol. The molecule has 1 aliphatic carbocycles. The molecule has 0 aliphatic heterocycles. The molecule has 2 amide bonds. The molecular weight excluding hydrogens is 251 g/mol. The molecule has 19 heavy (non-hydrogen) atoms. The molecule has 0 aromatic heterocycles.